The lowest BCUT2D eigenvalue weighted by molar-refractivity contribution is 0.415. The summed E-state index contributed by atoms with van der Waals surface area (Å²) < 4.78 is 5.15. The molecule has 2 rings (SSSR count). The number of anilines is 1. The average Bonchev–Trinajstić information content (AvgIpc) is 2.46. The zero-order chi connectivity index (χ0) is 12.8. The predicted molar refractivity (Wildman–Crippen MR) is 74.2 cm³/mol. The summed E-state index contributed by atoms with van der Waals surface area (Å²) in [6.45, 7) is 0.982. The first-order valence-electron chi connectivity index (χ1n) is 6.03. The van der Waals surface area contributed by atoms with Gasteiger partial charge in [-0.2, -0.15) is 0 Å². The summed E-state index contributed by atoms with van der Waals surface area (Å²) in [7, 11) is 3.78. The van der Waals surface area contributed by atoms with Gasteiger partial charge in [-0.05, 0) is 48.4 Å². The molecule has 18 heavy (non-hydrogen) atoms. The molecule has 0 fully saturated rings. The van der Waals surface area contributed by atoms with Crippen molar-refractivity contribution in [1.82, 2.24) is 4.98 Å². The highest BCUT2D eigenvalue weighted by Gasteiger charge is 2.01. The fourth-order valence-corrected chi connectivity index (χ4v) is 1.81. The van der Waals surface area contributed by atoms with Crippen molar-refractivity contribution in [2.45, 2.75) is 6.42 Å². The van der Waals surface area contributed by atoms with Crippen LogP contribution in [0.2, 0.25) is 0 Å². The maximum absolute atomic E-state index is 5.15. The van der Waals surface area contributed by atoms with Crippen molar-refractivity contribution in [3.63, 3.8) is 0 Å². The Labute approximate surface area is 108 Å². The van der Waals surface area contributed by atoms with Crippen LogP contribution in [-0.4, -0.2) is 25.7 Å². The standard InChI is InChI=1S/C15H18N2O/c1-17(12-9-13-7-10-16-11-8-13)14-3-5-15(18-2)6-4-14/h3-8,10-11H,9,12H2,1-2H3. The van der Waals surface area contributed by atoms with Gasteiger partial charge < -0.3 is 9.64 Å². The molecule has 0 atom stereocenters. The number of methoxy groups -OCH3 is 1. The summed E-state index contributed by atoms with van der Waals surface area (Å²) in [5.74, 6) is 0.890. The van der Waals surface area contributed by atoms with Crippen molar-refractivity contribution in [2.24, 2.45) is 0 Å². The third-order valence-corrected chi connectivity index (χ3v) is 3.00. The number of rotatable bonds is 5. The normalized spacial score (nSPS) is 10.1. The van der Waals surface area contributed by atoms with Gasteiger partial charge in [0, 0.05) is 31.7 Å². The Morgan fingerprint density at radius 3 is 2.33 bits per heavy atom. The van der Waals surface area contributed by atoms with Crippen LogP contribution in [0, 0.1) is 0 Å². The van der Waals surface area contributed by atoms with E-state index >= 15 is 0 Å². The summed E-state index contributed by atoms with van der Waals surface area (Å²) in [5, 5.41) is 0. The van der Waals surface area contributed by atoms with Crippen LogP contribution in [0.1, 0.15) is 5.56 Å². The fourth-order valence-electron chi connectivity index (χ4n) is 1.81. The molecule has 0 amide bonds. The number of pyridine rings is 1. The Hall–Kier alpha value is -2.03. The Balaban J connectivity index is 1.93. The first kappa shape index (κ1) is 12.4. The highest BCUT2D eigenvalue weighted by atomic mass is 16.5. The zero-order valence-electron chi connectivity index (χ0n) is 10.8. The van der Waals surface area contributed by atoms with Crippen LogP contribution in [0.25, 0.3) is 0 Å². The zero-order valence-corrected chi connectivity index (χ0v) is 10.8. The van der Waals surface area contributed by atoms with Crippen molar-refractivity contribution in [1.29, 1.82) is 0 Å². The molecule has 0 N–H and O–H groups in total. The quantitative estimate of drug-likeness (QED) is 0.806. The maximum atomic E-state index is 5.15. The van der Waals surface area contributed by atoms with Gasteiger partial charge in [0.25, 0.3) is 0 Å². The van der Waals surface area contributed by atoms with Crippen molar-refractivity contribution < 1.29 is 4.74 Å². The van der Waals surface area contributed by atoms with E-state index in [4.69, 9.17) is 4.74 Å². The lowest BCUT2D eigenvalue weighted by Crippen LogP contribution is -2.20. The second-order valence-electron chi connectivity index (χ2n) is 4.23. The minimum absolute atomic E-state index is 0.890. The molecule has 0 spiro atoms. The highest BCUT2D eigenvalue weighted by molar-refractivity contribution is 5.48. The number of hydrogen-bond donors (Lipinski definition) is 0. The van der Waals surface area contributed by atoms with E-state index in [0.29, 0.717) is 0 Å². The van der Waals surface area contributed by atoms with Crippen LogP contribution in [0.15, 0.2) is 48.8 Å². The molecule has 0 aliphatic rings. The summed E-state index contributed by atoms with van der Waals surface area (Å²) in [5.41, 5.74) is 2.51. The predicted octanol–water partition coefficient (Wildman–Crippen LogP) is 2.77. The molecular weight excluding hydrogens is 224 g/mol. The molecule has 0 radical (unpaired) electrons. The van der Waals surface area contributed by atoms with E-state index in [1.54, 1.807) is 7.11 Å². The lowest BCUT2D eigenvalue weighted by atomic mass is 10.2. The summed E-state index contributed by atoms with van der Waals surface area (Å²) >= 11 is 0. The van der Waals surface area contributed by atoms with E-state index in [-0.39, 0.29) is 0 Å². The first-order valence-corrected chi connectivity index (χ1v) is 6.03. The summed E-state index contributed by atoms with van der Waals surface area (Å²) in [4.78, 5) is 6.26. The molecule has 3 heteroatoms. The molecule has 1 aromatic carbocycles. The number of likely N-dealkylation sites (N-methyl/N-ethyl adjacent to an activating group) is 1. The Morgan fingerprint density at radius 1 is 1.06 bits per heavy atom. The van der Waals surface area contributed by atoms with Crippen molar-refractivity contribution in [3.05, 3.63) is 54.4 Å². The molecule has 0 aliphatic heterocycles. The molecule has 0 unspecified atom stereocenters. The second kappa shape index (κ2) is 6.05. The van der Waals surface area contributed by atoms with Crippen molar-refractivity contribution in [3.8, 4) is 5.75 Å². The topological polar surface area (TPSA) is 25.4 Å². The van der Waals surface area contributed by atoms with Gasteiger partial charge in [0.2, 0.25) is 0 Å². The van der Waals surface area contributed by atoms with Gasteiger partial charge in [-0.25, -0.2) is 0 Å². The molecule has 1 heterocycles. The Bertz CT molecular complexity index is 468. The smallest absolute Gasteiger partial charge is 0.119 e. The minimum atomic E-state index is 0.890. The molecule has 3 nitrogen and oxygen atoms in total. The maximum Gasteiger partial charge on any atom is 0.119 e. The van der Waals surface area contributed by atoms with E-state index < -0.39 is 0 Å². The second-order valence-corrected chi connectivity index (χ2v) is 4.23. The molecule has 0 bridgehead atoms. The van der Waals surface area contributed by atoms with Crippen LogP contribution in [0.5, 0.6) is 5.75 Å². The number of ether oxygens (including phenoxy) is 1. The molecule has 2 aromatic rings. The van der Waals surface area contributed by atoms with E-state index in [9.17, 15) is 0 Å². The number of nitrogens with zero attached hydrogens (tertiary/aromatic N) is 2. The van der Waals surface area contributed by atoms with E-state index in [2.05, 4.69) is 41.2 Å². The van der Waals surface area contributed by atoms with Crippen LogP contribution >= 0.6 is 0 Å². The van der Waals surface area contributed by atoms with E-state index in [1.165, 1.54) is 11.3 Å². The molecular formula is C15H18N2O. The third kappa shape index (κ3) is 3.23. The van der Waals surface area contributed by atoms with Crippen molar-refractivity contribution in [2.75, 3.05) is 25.6 Å². The molecule has 0 saturated heterocycles. The van der Waals surface area contributed by atoms with Gasteiger partial charge >= 0.3 is 0 Å². The first-order chi connectivity index (χ1) is 8.79. The third-order valence-electron chi connectivity index (χ3n) is 3.00. The van der Waals surface area contributed by atoms with Crippen LogP contribution in [0.4, 0.5) is 5.69 Å². The van der Waals surface area contributed by atoms with E-state index in [0.717, 1.165) is 18.7 Å². The minimum Gasteiger partial charge on any atom is -0.497 e. The Kier molecular flexibility index (Phi) is 4.18. The van der Waals surface area contributed by atoms with Crippen LogP contribution in [-0.2, 0) is 6.42 Å². The number of hydrogen-bond acceptors (Lipinski definition) is 3. The van der Waals surface area contributed by atoms with Crippen LogP contribution in [0.3, 0.4) is 0 Å². The Morgan fingerprint density at radius 2 is 1.72 bits per heavy atom. The monoisotopic (exact) mass is 242 g/mol. The number of aromatic nitrogens is 1. The van der Waals surface area contributed by atoms with Gasteiger partial charge in [0.05, 0.1) is 7.11 Å². The SMILES string of the molecule is COc1ccc(N(C)CCc2ccncc2)cc1. The van der Waals surface area contributed by atoms with Gasteiger partial charge in [-0.15, -0.1) is 0 Å². The summed E-state index contributed by atoms with van der Waals surface area (Å²) in [6, 6.07) is 12.2. The lowest BCUT2D eigenvalue weighted by Gasteiger charge is -2.19. The summed E-state index contributed by atoms with van der Waals surface area (Å²) in [6.07, 6.45) is 4.69. The molecule has 0 aliphatic carbocycles. The highest BCUT2D eigenvalue weighted by Crippen LogP contribution is 2.18. The van der Waals surface area contributed by atoms with Crippen molar-refractivity contribution >= 4 is 5.69 Å². The van der Waals surface area contributed by atoms with Crippen LogP contribution < -0.4 is 9.64 Å². The number of benzene rings is 1. The van der Waals surface area contributed by atoms with Gasteiger partial charge in [-0.3, -0.25) is 4.98 Å². The van der Waals surface area contributed by atoms with Gasteiger partial charge in [0.15, 0.2) is 0 Å². The average molecular weight is 242 g/mol. The van der Waals surface area contributed by atoms with Gasteiger partial charge in [-0.1, -0.05) is 0 Å². The molecule has 1 aromatic heterocycles. The van der Waals surface area contributed by atoms with Gasteiger partial charge in [0.1, 0.15) is 5.75 Å². The van der Waals surface area contributed by atoms with E-state index in [1.807, 2.05) is 24.5 Å². The molecule has 0 saturated carbocycles. The largest absolute Gasteiger partial charge is 0.497 e. The fraction of sp³-hybridized carbons (Fsp3) is 0.267. The molecule has 94 valence electrons.